The van der Waals surface area contributed by atoms with Crippen LogP contribution in [0.25, 0.3) is 11.3 Å². The van der Waals surface area contributed by atoms with Gasteiger partial charge in [-0.05, 0) is 79.2 Å². The average molecular weight is 693 g/mol. The van der Waals surface area contributed by atoms with E-state index in [1.54, 1.807) is 27.9 Å². The molecule has 45 heavy (non-hydrogen) atoms. The molecule has 0 radical (unpaired) electrons. The fraction of sp³-hybridized carbons (Fsp3) is 0.485. The van der Waals surface area contributed by atoms with Crippen LogP contribution in [-0.4, -0.2) is 66.1 Å². The Labute approximate surface area is 270 Å². The smallest absolute Gasteiger partial charge is 0.410 e. The summed E-state index contributed by atoms with van der Waals surface area (Å²) >= 11 is 3.66. The molecule has 0 saturated carbocycles. The first-order valence-corrected chi connectivity index (χ1v) is 15.7. The van der Waals surface area contributed by atoms with E-state index in [9.17, 15) is 23.5 Å². The molecule has 2 heterocycles. The van der Waals surface area contributed by atoms with Crippen LogP contribution in [0.2, 0.25) is 0 Å². The van der Waals surface area contributed by atoms with Gasteiger partial charge in [-0.3, -0.25) is 4.79 Å². The number of likely N-dealkylation sites (tertiary alicyclic amines) is 1. The van der Waals surface area contributed by atoms with Gasteiger partial charge in [0.05, 0.1) is 10.4 Å². The van der Waals surface area contributed by atoms with Crippen molar-refractivity contribution in [2.24, 2.45) is 0 Å². The zero-order valence-corrected chi connectivity index (χ0v) is 27.7. The lowest BCUT2D eigenvalue weighted by atomic mass is 9.74. The molecule has 244 valence electrons. The van der Waals surface area contributed by atoms with Crippen molar-refractivity contribution in [2.45, 2.75) is 70.0 Å². The molecule has 1 saturated heterocycles. The van der Waals surface area contributed by atoms with E-state index in [0.29, 0.717) is 29.1 Å². The van der Waals surface area contributed by atoms with E-state index in [4.69, 9.17) is 14.0 Å². The Morgan fingerprint density at radius 2 is 1.96 bits per heavy atom. The number of hydrogen-bond acceptors (Lipinski definition) is 7. The van der Waals surface area contributed by atoms with Gasteiger partial charge in [0.2, 0.25) is 5.91 Å². The van der Waals surface area contributed by atoms with E-state index in [1.165, 1.54) is 17.9 Å². The minimum absolute atomic E-state index is 0.00545. The van der Waals surface area contributed by atoms with Crippen LogP contribution in [0.1, 0.15) is 75.6 Å². The molecular formula is C33H40BrF2N3O6. The van der Waals surface area contributed by atoms with Crippen molar-refractivity contribution in [3.63, 3.8) is 0 Å². The summed E-state index contributed by atoms with van der Waals surface area (Å²) in [6, 6.07) is 10.9. The third-order valence-electron chi connectivity index (χ3n) is 7.95. The molecule has 2 aromatic carbocycles. The van der Waals surface area contributed by atoms with Crippen LogP contribution in [0.3, 0.4) is 0 Å². The normalized spacial score (nSPS) is 19.3. The summed E-state index contributed by atoms with van der Waals surface area (Å²) in [7, 11) is 1.64. The second-order valence-corrected chi connectivity index (χ2v) is 13.1. The molecule has 0 aliphatic carbocycles. The summed E-state index contributed by atoms with van der Waals surface area (Å²) in [5, 5.41) is 19.5. The van der Waals surface area contributed by atoms with Crippen molar-refractivity contribution in [3.05, 3.63) is 75.4 Å². The molecule has 3 atom stereocenters. The quantitative estimate of drug-likeness (QED) is 0.229. The zero-order chi connectivity index (χ0) is 32.9. The first-order valence-electron chi connectivity index (χ1n) is 14.9. The lowest BCUT2D eigenvalue weighted by Gasteiger charge is -2.44. The summed E-state index contributed by atoms with van der Waals surface area (Å²) in [6.07, 6.45) is 0.933. The lowest BCUT2D eigenvalue weighted by Crippen LogP contribution is -2.51. The minimum Gasteiger partial charge on any atom is -0.444 e. The first kappa shape index (κ1) is 34.5. The maximum Gasteiger partial charge on any atom is 0.410 e. The highest BCUT2D eigenvalue weighted by atomic mass is 79.9. The SMILES string of the molecule is COCCC[C@H](CNC(C)=O)c1ccccc1-c1onc([C@H]2CN(C(=O)OC(C)(C)C)CC[C@]2(O)c2ccc(F)c(F)c2)c1Br. The molecule has 4 rings (SSSR count). The van der Waals surface area contributed by atoms with Gasteiger partial charge < -0.3 is 29.3 Å². The highest BCUT2D eigenvalue weighted by molar-refractivity contribution is 9.10. The zero-order valence-electron chi connectivity index (χ0n) is 26.2. The number of rotatable bonds is 10. The molecule has 0 bridgehead atoms. The number of aliphatic hydroxyl groups is 1. The molecule has 3 aromatic rings. The van der Waals surface area contributed by atoms with Gasteiger partial charge in [-0.15, -0.1) is 0 Å². The molecule has 1 aliphatic rings. The van der Waals surface area contributed by atoms with Crippen molar-refractivity contribution in [1.29, 1.82) is 0 Å². The van der Waals surface area contributed by atoms with Crippen molar-refractivity contribution in [3.8, 4) is 11.3 Å². The van der Waals surface area contributed by atoms with E-state index < -0.39 is 34.8 Å². The molecule has 1 aromatic heterocycles. The largest absolute Gasteiger partial charge is 0.444 e. The van der Waals surface area contributed by atoms with Crippen LogP contribution >= 0.6 is 15.9 Å². The Morgan fingerprint density at radius 1 is 1.22 bits per heavy atom. The van der Waals surface area contributed by atoms with Gasteiger partial charge in [0.25, 0.3) is 0 Å². The van der Waals surface area contributed by atoms with Crippen LogP contribution < -0.4 is 5.32 Å². The van der Waals surface area contributed by atoms with E-state index >= 15 is 0 Å². The number of ether oxygens (including phenoxy) is 2. The molecule has 9 nitrogen and oxygen atoms in total. The Kier molecular flexibility index (Phi) is 11.0. The van der Waals surface area contributed by atoms with Crippen LogP contribution in [0.4, 0.5) is 13.6 Å². The van der Waals surface area contributed by atoms with E-state index in [0.717, 1.165) is 36.1 Å². The van der Waals surface area contributed by atoms with Crippen molar-refractivity contribution < 1.29 is 37.5 Å². The van der Waals surface area contributed by atoms with Gasteiger partial charge in [0.1, 0.15) is 16.9 Å². The second-order valence-electron chi connectivity index (χ2n) is 12.3. The number of nitrogens with one attached hydrogen (secondary N) is 1. The number of piperidine rings is 1. The van der Waals surface area contributed by atoms with Gasteiger partial charge in [0.15, 0.2) is 17.4 Å². The predicted molar refractivity (Wildman–Crippen MR) is 168 cm³/mol. The number of hydrogen-bond donors (Lipinski definition) is 2. The Bertz CT molecular complexity index is 1510. The Balaban J connectivity index is 1.78. The maximum absolute atomic E-state index is 14.4. The molecule has 1 aliphatic heterocycles. The van der Waals surface area contributed by atoms with E-state index in [-0.39, 0.29) is 36.9 Å². The van der Waals surface area contributed by atoms with Gasteiger partial charge in [-0.2, -0.15) is 0 Å². The fourth-order valence-electron chi connectivity index (χ4n) is 5.70. The van der Waals surface area contributed by atoms with E-state index in [2.05, 4.69) is 26.4 Å². The predicted octanol–water partition coefficient (Wildman–Crippen LogP) is 6.64. The number of amides is 2. The van der Waals surface area contributed by atoms with Crippen molar-refractivity contribution >= 4 is 27.9 Å². The highest BCUT2D eigenvalue weighted by Crippen LogP contribution is 2.48. The van der Waals surface area contributed by atoms with Crippen LogP contribution in [-0.2, 0) is 19.9 Å². The molecule has 2 amide bonds. The lowest BCUT2D eigenvalue weighted by molar-refractivity contribution is -0.119. The molecule has 2 N–H and O–H groups in total. The number of aromatic nitrogens is 1. The fourth-order valence-corrected chi connectivity index (χ4v) is 6.34. The number of carbonyl (C=O) groups excluding carboxylic acids is 2. The first-order chi connectivity index (χ1) is 21.2. The average Bonchev–Trinajstić information content (AvgIpc) is 3.36. The molecular weight excluding hydrogens is 652 g/mol. The number of nitrogens with zero attached hydrogens (tertiary/aromatic N) is 2. The summed E-state index contributed by atoms with van der Waals surface area (Å²) in [6.45, 7) is 7.79. The molecule has 1 fully saturated rings. The third kappa shape index (κ3) is 8.09. The molecule has 0 spiro atoms. The van der Waals surface area contributed by atoms with Gasteiger partial charge in [-0.25, -0.2) is 13.6 Å². The van der Waals surface area contributed by atoms with Crippen LogP contribution in [0.15, 0.2) is 51.5 Å². The standard InChI is InChI=1S/C33H40BrF2N3O6/c1-20(40)37-18-21(9-8-16-43-5)23-10-6-7-11-24(23)30-28(34)29(38-45-30)25-19-39(31(41)44-32(2,3)4)15-14-33(25,42)22-12-13-26(35)27(36)17-22/h6-7,10-13,17,21,25,42H,8-9,14-16,18-19H2,1-5H3,(H,37,40)/t21-,25-,33+/m1/s1. The Morgan fingerprint density at radius 3 is 2.62 bits per heavy atom. The molecule has 0 unspecified atom stereocenters. The summed E-state index contributed by atoms with van der Waals surface area (Å²) in [4.78, 5) is 26.4. The number of methoxy groups -OCH3 is 1. The van der Waals surface area contributed by atoms with E-state index in [1.807, 2.05) is 24.3 Å². The van der Waals surface area contributed by atoms with Gasteiger partial charge in [0, 0.05) is 51.8 Å². The topological polar surface area (TPSA) is 114 Å². The second kappa shape index (κ2) is 14.4. The molecule has 12 heteroatoms. The summed E-state index contributed by atoms with van der Waals surface area (Å²) < 4.78 is 45.6. The third-order valence-corrected chi connectivity index (χ3v) is 8.71. The number of carbonyl (C=O) groups is 2. The summed E-state index contributed by atoms with van der Waals surface area (Å²) in [5.74, 6) is -2.86. The number of halogens is 3. The van der Waals surface area contributed by atoms with Crippen LogP contribution in [0.5, 0.6) is 0 Å². The summed E-state index contributed by atoms with van der Waals surface area (Å²) in [5.41, 5.74) is -0.369. The van der Waals surface area contributed by atoms with Crippen LogP contribution in [0, 0.1) is 11.6 Å². The van der Waals surface area contributed by atoms with Gasteiger partial charge >= 0.3 is 6.09 Å². The Hall–Kier alpha value is -3.35. The maximum atomic E-state index is 14.4. The highest BCUT2D eigenvalue weighted by Gasteiger charge is 2.48. The minimum atomic E-state index is -1.72. The monoisotopic (exact) mass is 691 g/mol. The van der Waals surface area contributed by atoms with Crippen molar-refractivity contribution in [2.75, 3.05) is 33.4 Å². The van der Waals surface area contributed by atoms with Crippen molar-refractivity contribution in [1.82, 2.24) is 15.4 Å². The van der Waals surface area contributed by atoms with Gasteiger partial charge in [-0.1, -0.05) is 35.5 Å². The number of benzene rings is 2.